The molecule has 1 fully saturated rings. The summed E-state index contributed by atoms with van der Waals surface area (Å²) in [5.41, 5.74) is 1.31. The SMILES string of the molecule is CNCC1CCN(Cc2cncn2C)C1. The second-order valence-corrected chi connectivity index (χ2v) is 4.44. The molecule has 2 heterocycles. The third kappa shape index (κ3) is 2.58. The van der Waals surface area contributed by atoms with Crippen molar-refractivity contribution in [3.05, 3.63) is 18.2 Å². The van der Waals surface area contributed by atoms with Gasteiger partial charge in [-0.25, -0.2) is 4.98 Å². The van der Waals surface area contributed by atoms with Crippen LogP contribution in [-0.2, 0) is 13.6 Å². The number of aromatic nitrogens is 2. The van der Waals surface area contributed by atoms with Crippen LogP contribution in [0.1, 0.15) is 12.1 Å². The van der Waals surface area contributed by atoms with Gasteiger partial charge in [0, 0.05) is 26.3 Å². The highest BCUT2D eigenvalue weighted by atomic mass is 15.2. The molecule has 1 unspecified atom stereocenters. The maximum atomic E-state index is 4.14. The molecule has 0 amide bonds. The Morgan fingerprint density at radius 2 is 2.47 bits per heavy atom. The number of rotatable bonds is 4. The molecule has 4 nitrogen and oxygen atoms in total. The van der Waals surface area contributed by atoms with E-state index in [1.807, 2.05) is 19.6 Å². The summed E-state index contributed by atoms with van der Waals surface area (Å²) in [6.07, 6.45) is 5.15. The zero-order valence-corrected chi connectivity index (χ0v) is 9.61. The lowest BCUT2D eigenvalue weighted by atomic mass is 10.1. The minimum atomic E-state index is 0.822. The Kier molecular flexibility index (Phi) is 3.38. The predicted molar refractivity (Wildman–Crippen MR) is 60.5 cm³/mol. The van der Waals surface area contributed by atoms with Gasteiger partial charge in [0.25, 0.3) is 0 Å². The molecule has 1 N–H and O–H groups in total. The van der Waals surface area contributed by atoms with E-state index in [1.165, 1.54) is 25.2 Å². The van der Waals surface area contributed by atoms with Crippen molar-refractivity contribution in [2.45, 2.75) is 13.0 Å². The quantitative estimate of drug-likeness (QED) is 0.780. The van der Waals surface area contributed by atoms with Crippen molar-refractivity contribution in [3.63, 3.8) is 0 Å². The summed E-state index contributed by atoms with van der Waals surface area (Å²) in [5.74, 6) is 0.822. The van der Waals surface area contributed by atoms with Crippen molar-refractivity contribution in [1.29, 1.82) is 0 Å². The van der Waals surface area contributed by atoms with E-state index in [0.717, 1.165) is 19.0 Å². The Morgan fingerprint density at radius 3 is 3.13 bits per heavy atom. The van der Waals surface area contributed by atoms with Gasteiger partial charge in [-0.3, -0.25) is 4.90 Å². The Labute approximate surface area is 91.3 Å². The summed E-state index contributed by atoms with van der Waals surface area (Å²) in [6, 6.07) is 0. The first kappa shape index (κ1) is 10.6. The van der Waals surface area contributed by atoms with Gasteiger partial charge in [0.1, 0.15) is 0 Å². The van der Waals surface area contributed by atoms with Crippen molar-refractivity contribution in [2.75, 3.05) is 26.7 Å². The predicted octanol–water partition coefficient (Wildman–Crippen LogP) is 0.461. The molecule has 84 valence electrons. The van der Waals surface area contributed by atoms with Crippen LogP contribution < -0.4 is 5.32 Å². The molecule has 2 rings (SSSR count). The van der Waals surface area contributed by atoms with Crippen LogP contribution in [0.4, 0.5) is 0 Å². The van der Waals surface area contributed by atoms with Gasteiger partial charge < -0.3 is 9.88 Å². The summed E-state index contributed by atoms with van der Waals surface area (Å²) in [4.78, 5) is 6.66. The monoisotopic (exact) mass is 208 g/mol. The second-order valence-electron chi connectivity index (χ2n) is 4.44. The number of aryl methyl sites for hydroxylation is 1. The number of imidazole rings is 1. The maximum Gasteiger partial charge on any atom is 0.0945 e. The summed E-state index contributed by atoms with van der Waals surface area (Å²) in [7, 11) is 4.09. The van der Waals surface area contributed by atoms with Crippen LogP contribution in [0.25, 0.3) is 0 Å². The van der Waals surface area contributed by atoms with Gasteiger partial charge in [-0.1, -0.05) is 0 Å². The summed E-state index contributed by atoms with van der Waals surface area (Å²) in [6.45, 7) is 4.61. The van der Waals surface area contributed by atoms with Crippen molar-refractivity contribution < 1.29 is 0 Å². The number of hydrogen-bond acceptors (Lipinski definition) is 3. The van der Waals surface area contributed by atoms with Crippen LogP contribution in [0.2, 0.25) is 0 Å². The Hall–Kier alpha value is -0.870. The smallest absolute Gasteiger partial charge is 0.0945 e. The fourth-order valence-electron chi connectivity index (χ4n) is 2.28. The number of likely N-dealkylation sites (tertiary alicyclic amines) is 1. The van der Waals surface area contributed by atoms with E-state index in [-0.39, 0.29) is 0 Å². The molecule has 0 aliphatic carbocycles. The highest BCUT2D eigenvalue weighted by Gasteiger charge is 2.22. The van der Waals surface area contributed by atoms with E-state index in [4.69, 9.17) is 0 Å². The highest BCUT2D eigenvalue weighted by molar-refractivity contribution is 4.98. The average Bonchev–Trinajstić information content (AvgIpc) is 2.79. The fraction of sp³-hybridized carbons (Fsp3) is 0.727. The summed E-state index contributed by atoms with van der Waals surface area (Å²) >= 11 is 0. The average molecular weight is 208 g/mol. The molecule has 1 aromatic heterocycles. The van der Waals surface area contributed by atoms with Gasteiger partial charge in [-0.15, -0.1) is 0 Å². The molecule has 0 saturated carbocycles. The third-order valence-corrected chi connectivity index (χ3v) is 3.16. The van der Waals surface area contributed by atoms with Crippen molar-refractivity contribution in [1.82, 2.24) is 19.8 Å². The highest BCUT2D eigenvalue weighted by Crippen LogP contribution is 2.17. The van der Waals surface area contributed by atoms with E-state index in [1.54, 1.807) is 0 Å². The lowest BCUT2D eigenvalue weighted by Gasteiger charge is -2.15. The molecule has 0 spiro atoms. The summed E-state index contributed by atoms with van der Waals surface area (Å²) in [5, 5.41) is 3.26. The number of nitrogens with one attached hydrogen (secondary N) is 1. The topological polar surface area (TPSA) is 33.1 Å². The van der Waals surface area contributed by atoms with E-state index in [0.29, 0.717) is 0 Å². The molecule has 1 aromatic rings. The molecule has 0 bridgehead atoms. The zero-order chi connectivity index (χ0) is 10.7. The summed E-state index contributed by atoms with van der Waals surface area (Å²) < 4.78 is 2.10. The standard InChI is InChI=1S/C11H20N4/c1-12-5-10-3-4-15(7-10)8-11-6-13-9-14(11)2/h6,9-10,12H,3-5,7-8H2,1-2H3. The van der Waals surface area contributed by atoms with Gasteiger partial charge in [-0.2, -0.15) is 0 Å². The van der Waals surface area contributed by atoms with E-state index < -0.39 is 0 Å². The molecule has 4 heteroatoms. The normalized spacial score (nSPS) is 22.4. The van der Waals surface area contributed by atoms with Crippen LogP contribution in [0.3, 0.4) is 0 Å². The Morgan fingerprint density at radius 1 is 1.60 bits per heavy atom. The molecule has 0 aromatic carbocycles. The number of nitrogens with zero attached hydrogens (tertiary/aromatic N) is 3. The first-order valence-electron chi connectivity index (χ1n) is 5.61. The van der Waals surface area contributed by atoms with E-state index in [9.17, 15) is 0 Å². The molecule has 1 aliphatic heterocycles. The maximum absolute atomic E-state index is 4.14. The lowest BCUT2D eigenvalue weighted by molar-refractivity contribution is 0.308. The van der Waals surface area contributed by atoms with Crippen molar-refractivity contribution >= 4 is 0 Å². The van der Waals surface area contributed by atoms with Gasteiger partial charge in [-0.05, 0) is 32.5 Å². The minimum Gasteiger partial charge on any atom is -0.337 e. The molecule has 1 aliphatic rings. The van der Waals surface area contributed by atoms with E-state index >= 15 is 0 Å². The molecule has 0 radical (unpaired) electrons. The van der Waals surface area contributed by atoms with Crippen molar-refractivity contribution in [2.24, 2.45) is 13.0 Å². The number of hydrogen-bond donors (Lipinski definition) is 1. The van der Waals surface area contributed by atoms with Gasteiger partial charge in [0.05, 0.1) is 12.0 Å². The first-order valence-corrected chi connectivity index (χ1v) is 5.61. The fourth-order valence-corrected chi connectivity index (χ4v) is 2.28. The zero-order valence-electron chi connectivity index (χ0n) is 9.61. The second kappa shape index (κ2) is 4.77. The van der Waals surface area contributed by atoms with E-state index in [2.05, 4.69) is 26.8 Å². The van der Waals surface area contributed by atoms with Crippen LogP contribution >= 0.6 is 0 Å². The van der Waals surface area contributed by atoms with Crippen LogP contribution in [-0.4, -0.2) is 41.1 Å². The van der Waals surface area contributed by atoms with Crippen LogP contribution in [0.5, 0.6) is 0 Å². The van der Waals surface area contributed by atoms with Gasteiger partial charge >= 0.3 is 0 Å². The first-order chi connectivity index (χ1) is 7.29. The lowest BCUT2D eigenvalue weighted by Crippen LogP contribution is -2.25. The minimum absolute atomic E-state index is 0.822. The molecular weight excluding hydrogens is 188 g/mol. The van der Waals surface area contributed by atoms with Gasteiger partial charge in [0.2, 0.25) is 0 Å². The molecule has 1 saturated heterocycles. The van der Waals surface area contributed by atoms with Crippen LogP contribution in [0.15, 0.2) is 12.5 Å². The van der Waals surface area contributed by atoms with Crippen LogP contribution in [0, 0.1) is 5.92 Å². The third-order valence-electron chi connectivity index (χ3n) is 3.16. The Balaban J connectivity index is 1.85. The Bertz CT molecular complexity index is 307. The largest absolute Gasteiger partial charge is 0.337 e. The van der Waals surface area contributed by atoms with Crippen molar-refractivity contribution in [3.8, 4) is 0 Å². The molecule has 1 atom stereocenters. The molecule has 15 heavy (non-hydrogen) atoms. The molecular formula is C11H20N4. The van der Waals surface area contributed by atoms with Gasteiger partial charge in [0.15, 0.2) is 0 Å².